The molecule has 0 saturated heterocycles. The van der Waals surface area contributed by atoms with E-state index < -0.39 is 6.10 Å². The van der Waals surface area contributed by atoms with Crippen LogP contribution in [0.25, 0.3) is 0 Å². The van der Waals surface area contributed by atoms with Crippen molar-refractivity contribution in [1.82, 2.24) is 0 Å². The maximum absolute atomic E-state index is 11.2. The van der Waals surface area contributed by atoms with Crippen LogP contribution in [0.5, 0.6) is 0 Å². The van der Waals surface area contributed by atoms with Crippen molar-refractivity contribution in [3.05, 3.63) is 0 Å². The number of carbonyl (C=O) groups is 2. The zero-order valence-corrected chi connectivity index (χ0v) is 7.91. The highest BCUT2D eigenvalue weighted by atomic mass is 16.5. The van der Waals surface area contributed by atoms with Crippen molar-refractivity contribution in [3.8, 4) is 0 Å². The Morgan fingerprint density at radius 2 is 2.15 bits per heavy atom. The highest BCUT2D eigenvalue weighted by Crippen LogP contribution is 2.24. The maximum atomic E-state index is 11.2. The number of ether oxygens (including phenoxy) is 2. The van der Waals surface area contributed by atoms with Gasteiger partial charge in [0.2, 0.25) is 0 Å². The van der Waals surface area contributed by atoms with E-state index in [0.717, 1.165) is 0 Å². The molecule has 0 aliphatic heterocycles. The van der Waals surface area contributed by atoms with E-state index in [9.17, 15) is 9.59 Å². The number of ketones is 1. The Labute approximate surface area is 77.2 Å². The number of methoxy groups -OCH3 is 2. The molecule has 0 bridgehead atoms. The number of hydrogen-bond donors (Lipinski definition) is 0. The quantitative estimate of drug-likeness (QED) is 0.591. The zero-order valence-electron chi connectivity index (χ0n) is 7.91. The predicted octanol–water partition coefficient (Wildman–Crippen LogP) is 0.544. The van der Waals surface area contributed by atoms with Gasteiger partial charge in [0.15, 0.2) is 5.78 Å². The highest BCUT2D eigenvalue weighted by molar-refractivity contribution is 5.86. The molecule has 1 rings (SSSR count). The van der Waals surface area contributed by atoms with Crippen LogP contribution >= 0.6 is 0 Å². The highest BCUT2D eigenvalue weighted by Gasteiger charge is 2.32. The third kappa shape index (κ3) is 2.28. The minimum absolute atomic E-state index is 0.0858. The second kappa shape index (κ2) is 4.37. The summed E-state index contributed by atoms with van der Waals surface area (Å²) >= 11 is 0. The van der Waals surface area contributed by atoms with Crippen molar-refractivity contribution < 1.29 is 19.1 Å². The fourth-order valence-corrected chi connectivity index (χ4v) is 1.59. The molecule has 0 aromatic heterocycles. The summed E-state index contributed by atoms with van der Waals surface area (Å²) < 4.78 is 9.58. The third-order valence-corrected chi connectivity index (χ3v) is 2.42. The second-order valence-corrected chi connectivity index (χ2v) is 3.19. The minimum Gasteiger partial charge on any atom is -0.469 e. The standard InChI is InChI=1S/C9H14O4/c1-12-8-5-6(9(11)13-2)3-4-7(8)10/h6,8H,3-5H2,1-2H3. The van der Waals surface area contributed by atoms with Gasteiger partial charge in [0.1, 0.15) is 6.10 Å². The molecule has 0 N–H and O–H groups in total. The van der Waals surface area contributed by atoms with E-state index in [2.05, 4.69) is 4.74 Å². The Bertz CT molecular complexity index is 212. The first-order chi connectivity index (χ1) is 6.19. The van der Waals surface area contributed by atoms with Gasteiger partial charge in [0.05, 0.1) is 13.0 Å². The van der Waals surface area contributed by atoms with Gasteiger partial charge < -0.3 is 9.47 Å². The van der Waals surface area contributed by atoms with Crippen LogP contribution in [0.2, 0.25) is 0 Å². The molecule has 2 atom stereocenters. The molecule has 0 radical (unpaired) electrons. The van der Waals surface area contributed by atoms with E-state index in [-0.39, 0.29) is 17.7 Å². The summed E-state index contributed by atoms with van der Waals surface area (Å²) in [6.45, 7) is 0. The number of Topliss-reactive ketones (excluding diaryl/α,β-unsaturated/α-hetero) is 1. The summed E-state index contributed by atoms with van der Waals surface area (Å²) in [6.07, 6.45) is 1.05. The van der Waals surface area contributed by atoms with E-state index in [0.29, 0.717) is 19.3 Å². The van der Waals surface area contributed by atoms with Gasteiger partial charge in [-0.1, -0.05) is 0 Å². The largest absolute Gasteiger partial charge is 0.469 e. The first-order valence-electron chi connectivity index (χ1n) is 4.32. The number of rotatable bonds is 2. The van der Waals surface area contributed by atoms with Gasteiger partial charge in [0, 0.05) is 13.5 Å². The molecule has 74 valence electrons. The number of esters is 1. The lowest BCUT2D eigenvalue weighted by atomic mass is 9.86. The molecule has 4 heteroatoms. The molecule has 1 saturated carbocycles. The van der Waals surface area contributed by atoms with Crippen molar-refractivity contribution in [1.29, 1.82) is 0 Å². The average Bonchev–Trinajstić information content (AvgIpc) is 2.17. The van der Waals surface area contributed by atoms with Gasteiger partial charge in [-0.15, -0.1) is 0 Å². The lowest BCUT2D eigenvalue weighted by Gasteiger charge is -2.24. The Morgan fingerprint density at radius 3 is 2.69 bits per heavy atom. The molecule has 0 heterocycles. The van der Waals surface area contributed by atoms with Crippen LogP contribution in [-0.2, 0) is 19.1 Å². The zero-order chi connectivity index (χ0) is 9.84. The van der Waals surface area contributed by atoms with Gasteiger partial charge in [-0.2, -0.15) is 0 Å². The molecule has 1 aliphatic carbocycles. The Morgan fingerprint density at radius 1 is 1.46 bits per heavy atom. The molecular weight excluding hydrogens is 172 g/mol. The van der Waals surface area contributed by atoms with Crippen LogP contribution in [0.3, 0.4) is 0 Å². The van der Waals surface area contributed by atoms with Crippen LogP contribution < -0.4 is 0 Å². The first-order valence-corrected chi connectivity index (χ1v) is 4.32. The molecule has 0 amide bonds. The summed E-state index contributed by atoms with van der Waals surface area (Å²) in [6, 6.07) is 0. The lowest BCUT2D eigenvalue weighted by Crippen LogP contribution is -2.34. The minimum atomic E-state index is -0.419. The number of carbonyl (C=O) groups excluding carboxylic acids is 2. The fourth-order valence-electron chi connectivity index (χ4n) is 1.59. The topological polar surface area (TPSA) is 52.6 Å². The number of hydrogen-bond acceptors (Lipinski definition) is 4. The normalized spacial score (nSPS) is 28.6. The average molecular weight is 186 g/mol. The van der Waals surface area contributed by atoms with Crippen molar-refractivity contribution in [2.24, 2.45) is 5.92 Å². The Kier molecular flexibility index (Phi) is 3.42. The van der Waals surface area contributed by atoms with E-state index >= 15 is 0 Å². The van der Waals surface area contributed by atoms with Crippen LogP contribution in [0, 0.1) is 5.92 Å². The molecule has 1 aliphatic rings. The molecule has 13 heavy (non-hydrogen) atoms. The van der Waals surface area contributed by atoms with Crippen molar-refractivity contribution in [3.63, 3.8) is 0 Å². The van der Waals surface area contributed by atoms with Crippen molar-refractivity contribution in [2.75, 3.05) is 14.2 Å². The summed E-state index contributed by atoms with van der Waals surface area (Å²) in [5, 5.41) is 0. The van der Waals surface area contributed by atoms with Gasteiger partial charge in [-0.05, 0) is 12.8 Å². The maximum Gasteiger partial charge on any atom is 0.308 e. The van der Waals surface area contributed by atoms with Crippen molar-refractivity contribution in [2.45, 2.75) is 25.4 Å². The van der Waals surface area contributed by atoms with Gasteiger partial charge in [0.25, 0.3) is 0 Å². The van der Waals surface area contributed by atoms with Crippen LogP contribution in [0.4, 0.5) is 0 Å². The van der Waals surface area contributed by atoms with E-state index in [1.165, 1.54) is 14.2 Å². The van der Waals surface area contributed by atoms with Crippen LogP contribution in [0.1, 0.15) is 19.3 Å². The smallest absolute Gasteiger partial charge is 0.308 e. The van der Waals surface area contributed by atoms with Crippen LogP contribution in [-0.4, -0.2) is 32.1 Å². The Balaban J connectivity index is 2.54. The van der Waals surface area contributed by atoms with Crippen molar-refractivity contribution >= 4 is 11.8 Å². The van der Waals surface area contributed by atoms with E-state index in [1.807, 2.05) is 0 Å². The molecule has 4 nitrogen and oxygen atoms in total. The second-order valence-electron chi connectivity index (χ2n) is 3.19. The summed E-state index contributed by atoms with van der Waals surface area (Å²) in [5.41, 5.74) is 0. The Hall–Kier alpha value is -0.900. The molecule has 0 aromatic rings. The van der Waals surface area contributed by atoms with Gasteiger partial charge >= 0.3 is 5.97 Å². The first kappa shape index (κ1) is 10.2. The molecule has 2 unspecified atom stereocenters. The van der Waals surface area contributed by atoms with Gasteiger partial charge in [-0.3, -0.25) is 9.59 Å². The fraction of sp³-hybridized carbons (Fsp3) is 0.778. The third-order valence-electron chi connectivity index (χ3n) is 2.42. The van der Waals surface area contributed by atoms with Gasteiger partial charge in [-0.25, -0.2) is 0 Å². The molecule has 1 fully saturated rings. The van der Waals surface area contributed by atoms with E-state index in [1.54, 1.807) is 0 Å². The summed E-state index contributed by atoms with van der Waals surface area (Å²) in [7, 11) is 2.85. The summed E-state index contributed by atoms with van der Waals surface area (Å²) in [5.74, 6) is -0.329. The predicted molar refractivity (Wildman–Crippen MR) is 45.2 cm³/mol. The summed E-state index contributed by atoms with van der Waals surface area (Å²) in [4.78, 5) is 22.4. The monoisotopic (exact) mass is 186 g/mol. The van der Waals surface area contributed by atoms with E-state index in [4.69, 9.17) is 4.74 Å². The molecule has 0 spiro atoms. The SMILES string of the molecule is COC(=O)C1CCC(=O)C(OC)C1. The van der Waals surface area contributed by atoms with Crippen LogP contribution in [0.15, 0.2) is 0 Å². The lowest BCUT2D eigenvalue weighted by molar-refractivity contribution is -0.150. The molecule has 0 aromatic carbocycles. The molecular formula is C9H14O4.